The summed E-state index contributed by atoms with van der Waals surface area (Å²) in [5.74, 6) is 1.20. The van der Waals surface area contributed by atoms with Gasteiger partial charge in [0.2, 0.25) is 6.29 Å². The van der Waals surface area contributed by atoms with Crippen molar-refractivity contribution in [3.8, 4) is 11.5 Å². The highest BCUT2D eigenvalue weighted by Gasteiger charge is 2.45. The predicted molar refractivity (Wildman–Crippen MR) is 113 cm³/mol. The third-order valence-corrected chi connectivity index (χ3v) is 5.07. The summed E-state index contributed by atoms with van der Waals surface area (Å²) in [6, 6.07) is 14.8. The normalized spacial score (nSPS) is 25.1. The van der Waals surface area contributed by atoms with E-state index in [4.69, 9.17) is 18.9 Å². The number of hydrogen-bond acceptors (Lipinski definition) is 9. The number of rotatable bonds is 8. The Kier molecular flexibility index (Phi) is 8.29. The SMILES string of the molecule is CCOC(=O)OCC1O[C@@H](Oc2ccccc2Cc2ccc(OC)cc2)[C@@H](O)C(O)[C@@H]1O. The smallest absolute Gasteiger partial charge is 0.497 e. The van der Waals surface area contributed by atoms with Crippen molar-refractivity contribution in [2.24, 2.45) is 0 Å². The number of para-hydroxylation sites is 1. The van der Waals surface area contributed by atoms with Crippen LogP contribution in [0.5, 0.6) is 11.5 Å². The molecule has 2 unspecified atom stereocenters. The molecule has 0 amide bonds. The summed E-state index contributed by atoms with van der Waals surface area (Å²) in [4.78, 5) is 11.4. The first kappa shape index (κ1) is 23.8. The average Bonchev–Trinajstić information content (AvgIpc) is 2.80. The number of ether oxygens (including phenoxy) is 5. The van der Waals surface area contributed by atoms with Gasteiger partial charge in [-0.15, -0.1) is 0 Å². The maximum atomic E-state index is 11.4. The monoisotopic (exact) mass is 448 g/mol. The van der Waals surface area contributed by atoms with E-state index in [0.717, 1.165) is 16.9 Å². The van der Waals surface area contributed by atoms with Crippen LogP contribution in [0.25, 0.3) is 0 Å². The molecule has 2 aromatic carbocycles. The third kappa shape index (κ3) is 5.89. The molecule has 9 heteroatoms. The molecule has 1 fully saturated rings. The molecule has 1 heterocycles. The summed E-state index contributed by atoms with van der Waals surface area (Å²) >= 11 is 0. The molecule has 5 atom stereocenters. The van der Waals surface area contributed by atoms with Crippen molar-refractivity contribution in [2.45, 2.75) is 44.1 Å². The van der Waals surface area contributed by atoms with Crippen LogP contribution in [-0.2, 0) is 20.6 Å². The third-order valence-electron chi connectivity index (χ3n) is 5.07. The molecule has 2 aromatic rings. The number of aliphatic hydroxyl groups excluding tert-OH is 3. The Morgan fingerprint density at radius 3 is 2.38 bits per heavy atom. The Balaban J connectivity index is 1.71. The van der Waals surface area contributed by atoms with Crippen molar-refractivity contribution in [3.05, 3.63) is 59.7 Å². The van der Waals surface area contributed by atoms with Crippen molar-refractivity contribution in [3.63, 3.8) is 0 Å². The maximum absolute atomic E-state index is 11.4. The Morgan fingerprint density at radius 2 is 1.69 bits per heavy atom. The van der Waals surface area contributed by atoms with Crippen LogP contribution in [0.3, 0.4) is 0 Å². The van der Waals surface area contributed by atoms with Gasteiger partial charge in [-0.25, -0.2) is 4.79 Å². The quantitative estimate of drug-likeness (QED) is 0.517. The van der Waals surface area contributed by atoms with E-state index in [9.17, 15) is 20.1 Å². The highest BCUT2D eigenvalue weighted by atomic mass is 16.7. The van der Waals surface area contributed by atoms with Gasteiger partial charge in [0.05, 0.1) is 13.7 Å². The minimum Gasteiger partial charge on any atom is -0.497 e. The summed E-state index contributed by atoms with van der Waals surface area (Å²) in [7, 11) is 1.60. The van der Waals surface area contributed by atoms with Crippen molar-refractivity contribution in [1.29, 1.82) is 0 Å². The second-order valence-corrected chi connectivity index (χ2v) is 7.26. The number of carbonyl (C=O) groups is 1. The van der Waals surface area contributed by atoms with Crippen LogP contribution in [0, 0.1) is 0 Å². The van der Waals surface area contributed by atoms with Gasteiger partial charge < -0.3 is 39.0 Å². The number of hydrogen-bond donors (Lipinski definition) is 3. The lowest BCUT2D eigenvalue weighted by Gasteiger charge is -2.40. The largest absolute Gasteiger partial charge is 0.508 e. The van der Waals surface area contributed by atoms with Crippen molar-refractivity contribution in [1.82, 2.24) is 0 Å². The van der Waals surface area contributed by atoms with Crippen LogP contribution < -0.4 is 9.47 Å². The maximum Gasteiger partial charge on any atom is 0.508 e. The molecule has 1 aliphatic rings. The zero-order valence-corrected chi connectivity index (χ0v) is 17.9. The minimum atomic E-state index is -1.56. The molecule has 9 nitrogen and oxygen atoms in total. The first-order valence-electron chi connectivity index (χ1n) is 10.3. The Morgan fingerprint density at radius 1 is 0.969 bits per heavy atom. The van der Waals surface area contributed by atoms with Crippen molar-refractivity contribution in [2.75, 3.05) is 20.3 Å². The molecule has 0 bridgehead atoms. The number of benzene rings is 2. The molecular weight excluding hydrogens is 420 g/mol. The molecule has 3 rings (SSSR count). The lowest BCUT2D eigenvalue weighted by molar-refractivity contribution is -0.278. The van der Waals surface area contributed by atoms with E-state index in [2.05, 4.69) is 4.74 Å². The fourth-order valence-electron chi connectivity index (χ4n) is 3.31. The molecule has 1 saturated heterocycles. The lowest BCUT2D eigenvalue weighted by Crippen LogP contribution is -2.60. The van der Waals surface area contributed by atoms with Gasteiger partial charge in [-0.3, -0.25) is 0 Å². The summed E-state index contributed by atoms with van der Waals surface area (Å²) in [5, 5.41) is 30.8. The van der Waals surface area contributed by atoms with E-state index in [1.165, 1.54) is 0 Å². The average molecular weight is 448 g/mol. The van der Waals surface area contributed by atoms with E-state index in [0.29, 0.717) is 12.2 Å². The van der Waals surface area contributed by atoms with Crippen molar-refractivity contribution < 1.29 is 43.8 Å². The molecule has 0 aromatic heterocycles. The molecule has 0 aliphatic carbocycles. The van der Waals surface area contributed by atoms with E-state index in [1.54, 1.807) is 26.2 Å². The standard InChI is InChI=1S/C23H28O9/c1-3-29-23(27)30-13-18-19(24)20(25)21(26)22(32-18)31-17-7-5-4-6-15(17)12-14-8-10-16(28-2)11-9-14/h4-11,18-22,24-26H,3,12-13H2,1-2H3/t18?,19-,20?,21+,22-/m1/s1. The van der Waals surface area contributed by atoms with Gasteiger partial charge in [-0.2, -0.15) is 0 Å². The fraction of sp³-hybridized carbons (Fsp3) is 0.435. The number of methoxy groups -OCH3 is 1. The highest BCUT2D eigenvalue weighted by molar-refractivity contribution is 5.59. The summed E-state index contributed by atoms with van der Waals surface area (Å²) < 4.78 is 26.2. The second-order valence-electron chi connectivity index (χ2n) is 7.26. The van der Waals surface area contributed by atoms with E-state index in [-0.39, 0.29) is 13.2 Å². The zero-order chi connectivity index (χ0) is 23.1. The van der Waals surface area contributed by atoms with Gasteiger partial charge in [0.25, 0.3) is 0 Å². The molecule has 1 aliphatic heterocycles. The van der Waals surface area contributed by atoms with Crippen molar-refractivity contribution >= 4 is 6.16 Å². The topological polar surface area (TPSA) is 124 Å². The second kappa shape index (κ2) is 11.1. The number of aliphatic hydroxyl groups is 3. The van der Waals surface area contributed by atoms with Crippen LogP contribution in [0.2, 0.25) is 0 Å². The Bertz CT molecular complexity index is 870. The Hall–Kier alpha value is -2.85. The molecule has 174 valence electrons. The zero-order valence-electron chi connectivity index (χ0n) is 17.9. The van der Waals surface area contributed by atoms with Crippen LogP contribution in [-0.4, -0.2) is 72.5 Å². The van der Waals surface area contributed by atoms with Gasteiger partial charge in [0.15, 0.2) is 0 Å². The van der Waals surface area contributed by atoms with Crippen LogP contribution in [0.15, 0.2) is 48.5 Å². The van der Waals surface area contributed by atoms with E-state index >= 15 is 0 Å². The molecule has 0 saturated carbocycles. The molecule has 32 heavy (non-hydrogen) atoms. The van der Waals surface area contributed by atoms with Gasteiger partial charge in [0.1, 0.15) is 42.5 Å². The van der Waals surface area contributed by atoms with E-state index in [1.807, 2.05) is 36.4 Å². The Labute approximate surface area is 186 Å². The van der Waals surface area contributed by atoms with Gasteiger partial charge >= 0.3 is 6.16 Å². The van der Waals surface area contributed by atoms with Gasteiger partial charge in [-0.05, 0) is 36.2 Å². The molecule has 0 radical (unpaired) electrons. The lowest BCUT2D eigenvalue weighted by atomic mass is 9.99. The summed E-state index contributed by atoms with van der Waals surface area (Å²) in [5.41, 5.74) is 1.84. The highest BCUT2D eigenvalue weighted by Crippen LogP contribution is 2.28. The summed E-state index contributed by atoms with van der Waals surface area (Å²) in [6.45, 7) is 1.38. The summed E-state index contributed by atoms with van der Waals surface area (Å²) in [6.07, 6.45) is -7.34. The van der Waals surface area contributed by atoms with Crippen LogP contribution in [0.4, 0.5) is 4.79 Å². The van der Waals surface area contributed by atoms with E-state index < -0.39 is 36.9 Å². The molecule has 3 N–H and O–H groups in total. The van der Waals surface area contributed by atoms with Crippen LogP contribution in [0.1, 0.15) is 18.1 Å². The first-order chi connectivity index (χ1) is 15.4. The molecular formula is C23H28O9. The van der Waals surface area contributed by atoms with Crippen LogP contribution >= 0.6 is 0 Å². The fourth-order valence-corrected chi connectivity index (χ4v) is 3.31. The minimum absolute atomic E-state index is 0.130. The van der Waals surface area contributed by atoms with Gasteiger partial charge in [-0.1, -0.05) is 30.3 Å². The van der Waals surface area contributed by atoms with Gasteiger partial charge in [0, 0.05) is 6.42 Å². The first-order valence-corrected chi connectivity index (χ1v) is 10.3. The number of carbonyl (C=O) groups excluding carboxylic acids is 1. The predicted octanol–water partition coefficient (Wildman–Crippen LogP) is 1.65. The molecule has 0 spiro atoms.